The Kier molecular flexibility index (Phi) is 22600000. The van der Waals surface area contributed by atoms with E-state index >= 15 is 0 Å². The van der Waals surface area contributed by atoms with Crippen LogP contribution in [0.15, 0.2) is 0 Å². The minimum Gasteiger partial charge on any atom is -0.412 e. The summed E-state index contributed by atoms with van der Waals surface area (Å²) in [5.74, 6) is 0. The third-order valence-electron chi connectivity index (χ3n) is 0. The van der Waals surface area contributed by atoms with Crippen LogP contribution < -0.4 is 6.15 Å². The van der Waals surface area contributed by atoms with E-state index in [2.05, 4.69) is 0 Å². The largest absolute Gasteiger partial charge is 0.412 e. The average molecular weight is 1460 g/mol. The molecule has 0 aliphatic heterocycles. The van der Waals surface area contributed by atoms with Gasteiger partial charge in [-0.05, 0) is 0 Å². The van der Waals surface area contributed by atoms with E-state index < -0.39 is 0 Å². The Bertz CT molecular complexity index is 7.77. The van der Waals surface area contributed by atoms with E-state index in [-0.39, 0.29) is 444 Å². The zero-order chi connectivity index (χ0) is 0. The zero-order valence-corrected chi connectivity index (χ0v) is 40.7. The van der Waals surface area contributed by atoms with Crippen LogP contribution in [0.5, 0.6) is 0 Å². The van der Waals surface area contributed by atoms with Crippen molar-refractivity contribution in [2.45, 2.75) is 0 Å². The Hall–Kier alpha value is -3.24. The highest BCUT2D eigenvalue weighted by Crippen LogP contribution is -0.210. The Morgan fingerprint density at radius 1 is 0.0247 bits per heavy atom. The van der Waals surface area contributed by atoms with Crippen molar-refractivity contribution in [2.24, 2.45) is 0 Å². The summed E-state index contributed by atoms with van der Waals surface area (Å²) < 4.78 is 0. The Balaban J connectivity index is 0. The molecule has 163 N–H and O–H groups in total. The lowest BCUT2D eigenvalue weighted by Gasteiger charge is -0.413. The molecular formula is H163NO80. The fourth-order valence-corrected chi connectivity index (χ4v) is 0. The molecule has 0 unspecified atom stereocenters. The van der Waals surface area contributed by atoms with Crippen LogP contribution in [0.4, 0.5) is 0 Å². The lowest BCUT2D eigenvalue weighted by Crippen LogP contribution is -0.481. The van der Waals surface area contributed by atoms with Gasteiger partial charge in [0.2, 0.25) is 0 Å². The van der Waals surface area contributed by atoms with Crippen molar-refractivity contribution in [3.8, 4) is 0 Å². The molecule has 0 spiro atoms. The Morgan fingerprint density at radius 3 is 0.0247 bits per heavy atom. The predicted molar refractivity (Wildman–Crippen MR) is 294 cm³/mol. The van der Waals surface area contributed by atoms with Crippen molar-refractivity contribution < 1.29 is 438 Å². The molecule has 0 aromatic heterocycles. The molecule has 81 nitrogen and oxygen atoms in total. The second-order valence-electron chi connectivity index (χ2n) is 0. The van der Waals surface area contributed by atoms with Crippen molar-refractivity contribution in [1.29, 1.82) is 0 Å². The maximum absolute atomic E-state index is 0. The maximum Gasteiger partial charge on any atom is -0.344 e. The number of rotatable bonds is 0. The summed E-state index contributed by atoms with van der Waals surface area (Å²) >= 11 is 0. The van der Waals surface area contributed by atoms with Crippen LogP contribution in [-0.2, 0) is 0 Å². The molecular weight excluding hydrogens is 1290 g/mol. The highest BCUT2D eigenvalue weighted by atomic mass is 16.1. The fourth-order valence-electron chi connectivity index (χ4n) is 0. The van der Waals surface area contributed by atoms with Gasteiger partial charge in [0.15, 0.2) is 0 Å². The SMILES string of the molecule is N.O.O.O.O.O.O.O.O.O.O.O.O.O.O.O.O.O.O.O.O.O.O.O.O.O.O.O.O.O.O.O.O.O.O.O.O.O.O.O.O.O.O.O.O.O.O.O.O.O.O.O.O.O.O.O.O.O.O.O.O.O.O.O.O.O.O.O.O.O.O.O.O.O.O.O.O.O.O.O.O. The molecule has 0 rings (SSSR count). The minimum absolute atomic E-state index is 0. The molecule has 0 aromatic carbocycles. The van der Waals surface area contributed by atoms with Crippen LogP contribution in [0.3, 0.4) is 0 Å². The van der Waals surface area contributed by atoms with Crippen LogP contribution in [0.2, 0.25) is 0 Å². The first-order valence-electron chi connectivity index (χ1n) is 0. The summed E-state index contributed by atoms with van der Waals surface area (Å²) in [5.41, 5.74) is 0. The molecule has 0 heterocycles. The molecule has 0 fully saturated rings. The first kappa shape index (κ1) is 43600. The lowest BCUT2D eigenvalue weighted by atomic mass is 14.0. The summed E-state index contributed by atoms with van der Waals surface area (Å²) in [5, 5.41) is 0. The molecule has 0 saturated heterocycles. The van der Waals surface area contributed by atoms with Crippen molar-refractivity contribution >= 4 is 0 Å². The molecule has 0 radical (unpaired) electrons. The zero-order valence-electron chi connectivity index (χ0n) is 40.7. The van der Waals surface area contributed by atoms with Crippen LogP contribution >= 0.6 is 0 Å². The van der Waals surface area contributed by atoms with E-state index in [4.69, 9.17) is 0 Å². The van der Waals surface area contributed by atoms with Crippen LogP contribution in [0, 0.1) is 0 Å². The monoisotopic (exact) mass is 1460 g/mol. The molecule has 0 aromatic rings. The van der Waals surface area contributed by atoms with Crippen molar-refractivity contribution in [3.63, 3.8) is 0 Å². The standard InChI is InChI=1S/H3N.80H2O/h1H3;80*1H2. The van der Waals surface area contributed by atoms with Crippen molar-refractivity contribution in [1.82, 2.24) is 6.15 Å². The van der Waals surface area contributed by atoms with Gasteiger partial charge in [-0.15, -0.1) is 0 Å². The van der Waals surface area contributed by atoms with E-state index in [9.17, 15) is 0 Å². The quantitative estimate of drug-likeness (QED) is 0.243. The van der Waals surface area contributed by atoms with Crippen LogP contribution in [0.25, 0.3) is 0 Å². The van der Waals surface area contributed by atoms with Gasteiger partial charge in [-0.3, -0.25) is 0 Å². The van der Waals surface area contributed by atoms with Gasteiger partial charge >= 0.3 is 0 Å². The molecule has 0 atom stereocenters. The molecule has 648 valence electrons. The van der Waals surface area contributed by atoms with E-state index in [0.717, 1.165) is 0 Å². The number of hydrogen-bond acceptors (Lipinski definition) is 1. The van der Waals surface area contributed by atoms with Crippen molar-refractivity contribution in [3.05, 3.63) is 0 Å². The molecule has 0 saturated carbocycles. The van der Waals surface area contributed by atoms with E-state index in [1.807, 2.05) is 0 Å². The van der Waals surface area contributed by atoms with Gasteiger partial charge in [0, 0.05) is 0 Å². The van der Waals surface area contributed by atoms with E-state index in [1.165, 1.54) is 0 Å². The summed E-state index contributed by atoms with van der Waals surface area (Å²) in [6.07, 6.45) is 0. The van der Waals surface area contributed by atoms with Crippen LogP contribution in [-0.4, -0.2) is 438 Å². The topological polar surface area (TPSA) is 2560 Å². The lowest BCUT2D eigenvalue weighted by molar-refractivity contribution is 0.823. The Labute approximate surface area is 446 Å². The highest BCUT2D eigenvalue weighted by Gasteiger charge is -0.328. The summed E-state index contributed by atoms with van der Waals surface area (Å²) in [6.45, 7) is 0. The second kappa shape index (κ2) is 42000. The normalized spacial score (nSPS) is 0. The first-order valence-corrected chi connectivity index (χ1v) is 0. The maximum atomic E-state index is 0. The molecule has 81 heavy (non-hydrogen) atoms. The van der Waals surface area contributed by atoms with Gasteiger partial charge in [0.05, 0.1) is 0 Å². The van der Waals surface area contributed by atoms with Gasteiger partial charge in [-0.25, -0.2) is 0 Å². The molecule has 0 aliphatic rings. The molecule has 0 aliphatic carbocycles. The minimum atomic E-state index is 0. The fraction of sp³-hybridized carbons (Fsp3) is 0. The van der Waals surface area contributed by atoms with E-state index in [1.54, 1.807) is 0 Å². The molecule has 81 heteroatoms. The summed E-state index contributed by atoms with van der Waals surface area (Å²) in [6, 6.07) is 0. The second-order valence-corrected chi connectivity index (χ2v) is 0. The average Bonchev–Trinajstić information content (AvgIpc) is 0. The van der Waals surface area contributed by atoms with Crippen LogP contribution in [0.1, 0.15) is 0 Å². The number of hydrogen-bond donors (Lipinski definition) is 1. The predicted octanol–water partition coefficient (Wildman–Crippen LogP) is -65.8. The molecule has 0 amide bonds. The summed E-state index contributed by atoms with van der Waals surface area (Å²) in [7, 11) is 0. The smallest absolute Gasteiger partial charge is 0.344 e. The van der Waals surface area contributed by atoms with Gasteiger partial charge in [-0.2, -0.15) is 0 Å². The van der Waals surface area contributed by atoms with E-state index in [0.29, 0.717) is 0 Å². The van der Waals surface area contributed by atoms with Gasteiger partial charge in [0.25, 0.3) is 0 Å². The highest BCUT2D eigenvalue weighted by molar-refractivity contribution is 2.13. The van der Waals surface area contributed by atoms with Gasteiger partial charge < -0.3 is 444 Å². The third kappa shape index (κ3) is 40900. The molecule has 0 bridgehead atoms. The van der Waals surface area contributed by atoms with Crippen molar-refractivity contribution in [2.75, 3.05) is 0 Å². The van der Waals surface area contributed by atoms with Gasteiger partial charge in [0.1, 0.15) is 0 Å². The van der Waals surface area contributed by atoms with Gasteiger partial charge in [-0.1, -0.05) is 0 Å². The summed E-state index contributed by atoms with van der Waals surface area (Å²) in [4.78, 5) is 0. The first-order chi connectivity index (χ1) is 0. The third-order valence-corrected chi connectivity index (χ3v) is 0. The Morgan fingerprint density at radius 2 is 0.0247 bits per heavy atom.